The topological polar surface area (TPSA) is 80.3 Å². The van der Waals surface area contributed by atoms with Gasteiger partial charge in [0, 0.05) is 23.0 Å². The fraction of sp³-hybridized carbons (Fsp3) is 0.105. The predicted octanol–water partition coefficient (Wildman–Crippen LogP) is 3.69. The van der Waals surface area contributed by atoms with Crippen LogP contribution in [0.1, 0.15) is 10.5 Å². The second kappa shape index (κ2) is 8.26. The molecule has 6 nitrogen and oxygen atoms in total. The molecule has 0 aliphatic heterocycles. The summed E-state index contributed by atoms with van der Waals surface area (Å²) in [6, 6.07) is 13.3. The fourth-order valence-corrected chi connectivity index (χ4v) is 3.02. The molecule has 1 amide bonds. The lowest BCUT2D eigenvalue weighted by Crippen LogP contribution is -2.21. The van der Waals surface area contributed by atoms with E-state index in [1.54, 1.807) is 17.5 Å². The number of benzene rings is 2. The summed E-state index contributed by atoms with van der Waals surface area (Å²) in [4.78, 5) is 28.2. The molecule has 1 aromatic heterocycles. The SMILES string of the molecule is C=CCNc1nc(C(=O)OCC(=O)Nc2cccc3ccccc23)cs1. The van der Waals surface area contributed by atoms with Gasteiger partial charge in [-0.2, -0.15) is 0 Å². The van der Waals surface area contributed by atoms with Crippen LogP contribution in [0.3, 0.4) is 0 Å². The maximum Gasteiger partial charge on any atom is 0.358 e. The Hall–Kier alpha value is -3.19. The molecule has 1 heterocycles. The molecule has 26 heavy (non-hydrogen) atoms. The van der Waals surface area contributed by atoms with Gasteiger partial charge in [-0.3, -0.25) is 4.79 Å². The van der Waals surface area contributed by atoms with Crippen molar-refractivity contribution in [3.8, 4) is 0 Å². The Morgan fingerprint density at radius 3 is 2.85 bits per heavy atom. The summed E-state index contributed by atoms with van der Waals surface area (Å²) in [6.45, 7) is 3.77. The van der Waals surface area contributed by atoms with Crippen LogP contribution >= 0.6 is 11.3 Å². The summed E-state index contributed by atoms with van der Waals surface area (Å²) < 4.78 is 5.04. The Morgan fingerprint density at radius 2 is 2.00 bits per heavy atom. The lowest BCUT2D eigenvalue weighted by atomic mass is 10.1. The number of thiazole rings is 1. The summed E-state index contributed by atoms with van der Waals surface area (Å²) in [5.74, 6) is -1.05. The minimum Gasteiger partial charge on any atom is -0.451 e. The van der Waals surface area contributed by atoms with E-state index in [-0.39, 0.29) is 12.3 Å². The molecular formula is C19H17N3O3S. The largest absolute Gasteiger partial charge is 0.451 e. The zero-order valence-electron chi connectivity index (χ0n) is 13.9. The van der Waals surface area contributed by atoms with Crippen molar-refractivity contribution in [3.05, 3.63) is 66.2 Å². The molecule has 0 saturated heterocycles. The number of carbonyl (C=O) groups is 2. The molecule has 3 aromatic rings. The molecule has 0 bridgehead atoms. The van der Waals surface area contributed by atoms with Crippen molar-refractivity contribution in [2.75, 3.05) is 23.8 Å². The molecule has 2 N–H and O–H groups in total. The Morgan fingerprint density at radius 1 is 1.19 bits per heavy atom. The molecule has 0 spiro atoms. The van der Waals surface area contributed by atoms with Gasteiger partial charge >= 0.3 is 5.97 Å². The minimum absolute atomic E-state index is 0.166. The highest BCUT2D eigenvalue weighted by Crippen LogP contribution is 2.22. The lowest BCUT2D eigenvalue weighted by molar-refractivity contribution is -0.119. The van der Waals surface area contributed by atoms with Crippen molar-refractivity contribution >= 4 is 44.8 Å². The zero-order valence-corrected chi connectivity index (χ0v) is 14.7. The molecule has 132 valence electrons. The van der Waals surface area contributed by atoms with E-state index >= 15 is 0 Å². The quantitative estimate of drug-likeness (QED) is 0.492. The van der Waals surface area contributed by atoms with Crippen molar-refractivity contribution in [3.63, 3.8) is 0 Å². The maximum atomic E-state index is 12.1. The molecule has 0 aliphatic carbocycles. The van der Waals surface area contributed by atoms with Crippen molar-refractivity contribution < 1.29 is 14.3 Å². The Kier molecular flexibility index (Phi) is 5.60. The average molecular weight is 367 g/mol. The summed E-state index contributed by atoms with van der Waals surface area (Å²) >= 11 is 1.28. The first-order chi connectivity index (χ1) is 12.7. The first-order valence-electron chi connectivity index (χ1n) is 7.92. The number of ether oxygens (including phenoxy) is 1. The molecule has 0 atom stereocenters. The molecule has 0 aliphatic rings. The molecule has 2 aromatic carbocycles. The van der Waals surface area contributed by atoms with Gasteiger partial charge in [0.2, 0.25) is 0 Å². The fourth-order valence-electron chi connectivity index (χ4n) is 2.33. The monoisotopic (exact) mass is 367 g/mol. The van der Waals surface area contributed by atoms with Gasteiger partial charge in [0.15, 0.2) is 17.4 Å². The van der Waals surface area contributed by atoms with Crippen LogP contribution in [0, 0.1) is 0 Å². The summed E-state index contributed by atoms with van der Waals surface area (Å²) in [5, 5.41) is 9.87. The van der Waals surface area contributed by atoms with Crippen LogP contribution in [0.5, 0.6) is 0 Å². The van der Waals surface area contributed by atoms with Gasteiger partial charge in [0.1, 0.15) is 0 Å². The third-order valence-corrected chi connectivity index (χ3v) is 4.31. The molecule has 0 fully saturated rings. The van der Waals surface area contributed by atoms with Gasteiger partial charge < -0.3 is 15.4 Å². The number of aromatic nitrogens is 1. The summed E-state index contributed by atoms with van der Waals surface area (Å²) in [6.07, 6.45) is 1.69. The van der Waals surface area contributed by atoms with E-state index in [2.05, 4.69) is 22.2 Å². The number of amides is 1. The van der Waals surface area contributed by atoms with Crippen LogP contribution in [0.25, 0.3) is 10.8 Å². The number of esters is 1. The van der Waals surface area contributed by atoms with Crippen LogP contribution < -0.4 is 10.6 Å². The van der Waals surface area contributed by atoms with Crippen LogP contribution in [0.2, 0.25) is 0 Å². The molecular weight excluding hydrogens is 350 g/mol. The number of nitrogens with one attached hydrogen (secondary N) is 2. The number of hydrogen-bond acceptors (Lipinski definition) is 6. The second-order valence-corrected chi connectivity index (χ2v) is 6.22. The van der Waals surface area contributed by atoms with Gasteiger partial charge in [-0.05, 0) is 11.5 Å². The number of rotatable bonds is 7. The lowest BCUT2D eigenvalue weighted by Gasteiger charge is -2.08. The number of fused-ring (bicyclic) bond motifs is 1. The highest BCUT2D eigenvalue weighted by Gasteiger charge is 2.14. The third-order valence-electron chi connectivity index (χ3n) is 3.51. The number of anilines is 2. The van der Waals surface area contributed by atoms with Gasteiger partial charge in [-0.1, -0.05) is 42.5 Å². The van der Waals surface area contributed by atoms with Gasteiger partial charge in [0.05, 0.1) is 0 Å². The molecule has 3 rings (SSSR count). The highest BCUT2D eigenvalue weighted by molar-refractivity contribution is 7.13. The Bertz CT molecular complexity index is 947. The summed E-state index contributed by atoms with van der Waals surface area (Å²) in [5.41, 5.74) is 0.841. The zero-order chi connectivity index (χ0) is 18.4. The number of nitrogens with zero attached hydrogens (tertiary/aromatic N) is 1. The van der Waals surface area contributed by atoms with Gasteiger partial charge in [0.25, 0.3) is 5.91 Å². The van der Waals surface area contributed by atoms with Gasteiger partial charge in [-0.15, -0.1) is 17.9 Å². The van der Waals surface area contributed by atoms with E-state index in [1.165, 1.54) is 11.3 Å². The smallest absolute Gasteiger partial charge is 0.358 e. The first kappa shape index (κ1) is 17.6. The number of carbonyl (C=O) groups excluding carboxylic acids is 2. The van der Waals surface area contributed by atoms with Crippen molar-refractivity contribution in [2.24, 2.45) is 0 Å². The third kappa shape index (κ3) is 4.25. The Labute approximate surface area is 154 Å². The predicted molar refractivity (Wildman–Crippen MR) is 104 cm³/mol. The van der Waals surface area contributed by atoms with E-state index in [0.717, 1.165) is 10.8 Å². The van der Waals surface area contributed by atoms with E-state index in [1.807, 2.05) is 36.4 Å². The van der Waals surface area contributed by atoms with Crippen LogP contribution in [0.4, 0.5) is 10.8 Å². The maximum absolute atomic E-state index is 12.1. The van der Waals surface area contributed by atoms with Crippen LogP contribution in [0.15, 0.2) is 60.5 Å². The molecule has 0 unspecified atom stereocenters. The highest BCUT2D eigenvalue weighted by atomic mass is 32.1. The average Bonchev–Trinajstić information content (AvgIpc) is 3.14. The number of hydrogen-bond donors (Lipinski definition) is 2. The molecule has 7 heteroatoms. The second-order valence-electron chi connectivity index (χ2n) is 5.36. The van der Waals surface area contributed by atoms with Gasteiger partial charge in [-0.25, -0.2) is 9.78 Å². The summed E-state index contributed by atoms with van der Waals surface area (Å²) in [7, 11) is 0. The van der Waals surface area contributed by atoms with Crippen molar-refractivity contribution in [1.29, 1.82) is 0 Å². The van der Waals surface area contributed by atoms with E-state index in [9.17, 15) is 9.59 Å². The van der Waals surface area contributed by atoms with Crippen molar-refractivity contribution in [2.45, 2.75) is 0 Å². The van der Waals surface area contributed by atoms with Crippen LogP contribution in [-0.4, -0.2) is 30.0 Å². The van der Waals surface area contributed by atoms with E-state index in [4.69, 9.17) is 4.74 Å². The van der Waals surface area contributed by atoms with E-state index < -0.39 is 11.9 Å². The Balaban J connectivity index is 1.57. The normalized spacial score (nSPS) is 10.3. The van der Waals surface area contributed by atoms with Crippen LogP contribution in [-0.2, 0) is 9.53 Å². The standard InChI is InChI=1S/C19H17N3O3S/c1-2-10-20-19-22-16(12-26-19)18(24)25-11-17(23)21-15-9-5-7-13-6-3-4-8-14(13)15/h2-9,12H,1,10-11H2,(H,20,22)(H,21,23). The first-order valence-corrected chi connectivity index (χ1v) is 8.80. The van der Waals surface area contributed by atoms with Crippen molar-refractivity contribution in [1.82, 2.24) is 4.98 Å². The molecule has 0 radical (unpaired) electrons. The molecule has 0 saturated carbocycles. The minimum atomic E-state index is -0.638. The van der Waals surface area contributed by atoms with E-state index in [0.29, 0.717) is 17.4 Å².